The van der Waals surface area contributed by atoms with Crippen molar-refractivity contribution in [2.75, 3.05) is 7.11 Å². The lowest BCUT2D eigenvalue weighted by molar-refractivity contribution is -0.146. The number of hydrogen-bond donors (Lipinski definition) is 1. The number of methoxy groups -OCH3 is 1. The molecule has 0 bridgehead atoms. The second-order valence-electron chi connectivity index (χ2n) is 1.03. The van der Waals surface area contributed by atoms with Crippen LogP contribution in [0.1, 0.15) is 0 Å². The third-order valence-corrected chi connectivity index (χ3v) is 1.14. The van der Waals surface area contributed by atoms with Gasteiger partial charge in [-0.1, -0.05) is 23.2 Å². The summed E-state index contributed by atoms with van der Waals surface area (Å²) >= 11 is 10.00. The van der Waals surface area contributed by atoms with Crippen molar-refractivity contribution in [2.24, 2.45) is 0 Å². The van der Waals surface area contributed by atoms with E-state index in [-0.39, 0.29) is 0 Å². The molecule has 0 atom stereocenters. The third kappa shape index (κ3) is 1.86. The number of halogens is 2. The molecule has 0 rings (SSSR count). The fourth-order valence-electron chi connectivity index (χ4n) is 0.0873. The molecule has 0 saturated heterocycles. The molecule has 0 amide bonds. The third-order valence-electron chi connectivity index (χ3n) is 0.505. The van der Waals surface area contributed by atoms with E-state index >= 15 is 0 Å². The average Bonchev–Trinajstić information content (AvgIpc) is 1.67. The zero-order valence-corrected chi connectivity index (χ0v) is 5.53. The number of carbonyl (C=O) groups is 1. The topological polar surface area (TPSA) is 46.5 Å². The number of hydrogen-bond acceptors (Lipinski definition) is 2. The Labute approximate surface area is 56.1 Å². The van der Waals surface area contributed by atoms with Crippen LogP contribution in [0, 0.1) is 0 Å². The summed E-state index contributed by atoms with van der Waals surface area (Å²) in [6, 6.07) is 0. The molecule has 0 aliphatic rings. The van der Waals surface area contributed by atoms with Crippen LogP contribution in [0.2, 0.25) is 0 Å². The zero-order valence-electron chi connectivity index (χ0n) is 4.02. The molecule has 0 aromatic heterocycles. The highest BCUT2D eigenvalue weighted by Crippen LogP contribution is 2.20. The Bertz CT molecular complexity index is 101. The monoisotopic (exact) mass is 158 g/mol. The van der Waals surface area contributed by atoms with E-state index in [1.165, 1.54) is 0 Å². The van der Waals surface area contributed by atoms with Crippen molar-refractivity contribution in [3.63, 3.8) is 0 Å². The standard InChI is InChI=1S/C3H4Cl2O3/c1-8-3(4,5)2(6)7/h1H3,(H,6,7). The fraction of sp³-hybridized carbons (Fsp3) is 0.667. The Morgan fingerprint density at radius 2 is 2.12 bits per heavy atom. The summed E-state index contributed by atoms with van der Waals surface area (Å²) in [5.41, 5.74) is 0. The Kier molecular flexibility index (Phi) is 2.53. The molecular formula is C3H4Cl2O3. The summed E-state index contributed by atoms with van der Waals surface area (Å²) in [5, 5.41) is 8.05. The average molecular weight is 159 g/mol. The van der Waals surface area contributed by atoms with Crippen molar-refractivity contribution < 1.29 is 14.6 Å². The zero-order chi connectivity index (χ0) is 6.78. The Hall–Kier alpha value is 0.01000. The highest BCUT2D eigenvalue weighted by atomic mass is 35.5. The Balaban J connectivity index is 3.91. The molecular weight excluding hydrogens is 155 g/mol. The van der Waals surface area contributed by atoms with Crippen molar-refractivity contribution in [3.8, 4) is 0 Å². The maximum atomic E-state index is 9.86. The van der Waals surface area contributed by atoms with Gasteiger partial charge in [-0.25, -0.2) is 4.79 Å². The van der Waals surface area contributed by atoms with Gasteiger partial charge in [0.1, 0.15) is 0 Å². The molecule has 0 fully saturated rings. The summed E-state index contributed by atoms with van der Waals surface area (Å²) in [6.45, 7) is 0. The normalized spacial score (nSPS) is 11.4. The van der Waals surface area contributed by atoms with Crippen LogP contribution < -0.4 is 0 Å². The van der Waals surface area contributed by atoms with Gasteiger partial charge in [-0.2, -0.15) is 0 Å². The van der Waals surface area contributed by atoms with Crippen LogP contribution in [0.4, 0.5) is 0 Å². The quantitative estimate of drug-likeness (QED) is 0.607. The van der Waals surface area contributed by atoms with Gasteiger partial charge in [0.15, 0.2) is 0 Å². The van der Waals surface area contributed by atoms with E-state index in [2.05, 4.69) is 4.74 Å². The molecule has 0 heterocycles. The molecule has 0 aromatic carbocycles. The van der Waals surface area contributed by atoms with Gasteiger partial charge in [0.2, 0.25) is 0 Å². The first kappa shape index (κ1) is 8.01. The number of rotatable bonds is 2. The number of carboxylic acid groups (broad SMARTS) is 1. The lowest BCUT2D eigenvalue weighted by Gasteiger charge is -2.09. The molecule has 0 saturated carbocycles. The minimum atomic E-state index is -2.10. The molecule has 5 heteroatoms. The van der Waals surface area contributed by atoms with Crippen molar-refractivity contribution in [1.29, 1.82) is 0 Å². The van der Waals surface area contributed by atoms with Gasteiger partial charge in [0.25, 0.3) is 0 Å². The molecule has 0 unspecified atom stereocenters. The molecule has 1 N–H and O–H groups in total. The van der Waals surface area contributed by atoms with E-state index in [1.54, 1.807) is 0 Å². The number of carboxylic acids is 1. The smallest absolute Gasteiger partial charge is 0.368 e. The maximum Gasteiger partial charge on any atom is 0.368 e. The Morgan fingerprint density at radius 1 is 1.75 bits per heavy atom. The molecule has 0 aliphatic heterocycles. The first-order chi connectivity index (χ1) is 3.50. The van der Waals surface area contributed by atoms with Crippen LogP contribution >= 0.6 is 23.2 Å². The van der Waals surface area contributed by atoms with E-state index in [0.717, 1.165) is 7.11 Å². The summed E-state index contributed by atoms with van der Waals surface area (Å²) in [6.07, 6.45) is 0. The predicted molar refractivity (Wildman–Crippen MR) is 29.1 cm³/mol. The maximum absolute atomic E-state index is 9.86. The van der Waals surface area contributed by atoms with E-state index in [0.29, 0.717) is 0 Å². The van der Waals surface area contributed by atoms with Gasteiger partial charge in [0.05, 0.1) is 0 Å². The number of ether oxygens (including phenoxy) is 1. The SMILES string of the molecule is COC(Cl)(Cl)C(=O)O. The lowest BCUT2D eigenvalue weighted by atomic mass is 10.7. The summed E-state index contributed by atoms with van der Waals surface area (Å²) in [5.74, 6) is -1.41. The van der Waals surface area contributed by atoms with Gasteiger partial charge in [-0.3, -0.25) is 0 Å². The molecule has 3 nitrogen and oxygen atoms in total. The van der Waals surface area contributed by atoms with E-state index in [9.17, 15) is 4.79 Å². The largest absolute Gasteiger partial charge is 0.477 e. The molecule has 0 aromatic rings. The number of aliphatic carboxylic acids is 1. The van der Waals surface area contributed by atoms with Crippen molar-refractivity contribution in [3.05, 3.63) is 0 Å². The second kappa shape index (κ2) is 2.53. The van der Waals surface area contributed by atoms with Crippen LogP contribution in [0.5, 0.6) is 0 Å². The summed E-state index contributed by atoms with van der Waals surface area (Å²) in [7, 11) is 1.11. The summed E-state index contributed by atoms with van der Waals surface area (Å²) < 4.78 is 2.03. The van der Waals surface area contributed by atoms with Crippen LogP contribution in [-0.4, -0.2) is 22.7 Å². The minimum Gasteiger partial charge on any atom is -0.477 e. The Morgan fingerprint density at radius 3 is 2.12 bits per heavy atom. The first-order valence-corrected chi connectivity index (χ1v) is 2.42. The minimum absolute atomic E-state index is 1.11. The van der Waals surface area contributed by atoms with E-state index < -0.39 is 10.5 Å². The van der Waals surface area contributed by atoms with Crippen molar-refractivity contribution in [1.82, 2.24) is 0 Å². The van der Waals surface area contributed by atoms with Gasteiger partial charge in [-0.05, 0) is 0 Å². The number of alkyl halides is 2. The highest BCUT2D eigenvalue weighted by Gasteiger charge is 2.32. The molecule has 0 radical (unpaired) electrons. The van der Waals surface area contributed by atoms with E-state index in [1.807, 2.05) is 0 Å². The van der Waals surface area contributed by atoms with Gasteiger partial charge in [0, 0.05) is 7.11 Å². The first-order valence-electron chi connectivity index (χ1n) is 1.67. The molecule has 48 valence electrons. The van der Waals surface area contributed by atoms with Crippen LogP contribution in [0.25, 0.3) is 0 Å². The van der Waals surface area contributed by atoms with Crippen molar-refractivity contribution >= 4 is 29.2 Å². The predicted octanol–water partition coefficient (Wildman–Crippen LogP) is 0.849. The van der Waals surface area contributed by atoms with E-state index in [4.69, 9.17) is 28.3 Å². The second-order valence-corrected chi connectivity index (χ2v) is 2.28. The van der Waals surface area contributed by atoms with Gasteiger partial charge in [-0.15, -0.1) is 0 Å². The molecule has 0 aliphatic carbocycles. The van der Waals surface area contributed by atoms with Gasteiger partial charge < -0.3 is 9.84 Å². The van der Waals surface area contributed by atoms with Gasteiger partial charge >= 0.3 is 10.5 Å². The van der Waals surface area contributed by atoms with Crippen LogP contribution in [-0.2, 0) is 9.53 Å². The lowest BCUT2D eigenvalue weighted by Crippen LogP contribution is -2.27. The fourth-order valence-corrected chi connectivity index (χ4v) is 0.0873. The van der Waals surface area contributed by atoms with Crippen LogP contribution in [0.3, 0.4) is 0 Å². The molecule has 8 heavy (non-hydrogen) atoms. The van der Waals surface area contributed by atoms with Crippen LogP contribution in [0.15, 0.2) is 0 Å². The molecule has 0 spiro atoms. The summed E-state index contributed by atoms with van der Waals surface area (Å²) in [4.78, 5) is 9.86. The highest BCUT2D eigenvalue weighted by molar-refractivity contribution is 6.56. The van der Waals surface area contributed by atoms with Crippen molar-refractivity contribution in [2.45, 2.75) is 4.52 Å².